The van der Waals surface area contributed by atoms with Crippen LogP contribution in [0.4, 0.5) is 5.13 Å². The molecule has 4 N–H and O–H groups in total. The third kappa shape index (κ3) is 4.21. The van der Waals surface area contributed by atoms with Crippen LogP contribution >= 0.6 is 34.9 Å². The minimum atomic E-state index is -1.26. The van der Waals surface area contributed by atoms with Gasteiger partial charge in [0, 0.05) is 16.0 Å². The molecule has 2 aromatic heterocycles. The first kappa shape index (κ1) is 23.2. The summed E-state index contributed by atoms with van der Waals surface area (Å²) in [5.74, 6) is -2.22. The van der Waals surface area contributed by atoms with Crippen LogP contribution in [0.25, 0.3) is 11.1 Å². The molecule has 2 amide bonds. The van der Waals surface area contributed by atoms with Crippen molar-refractivity contribution in [2.45, 2.75) is 16.6 Å². The number of oxime groups is 1. The number of carboxylic acid groups (broad SMARTS) is 1. The molecule has 0 bridgehead atoms. The number of carboxylic acids is 1. The number of anilines is 1. The SMILES string of the molecule is CO/N=C(\C(=O)NC1C(=O)N2C(C(=O)O)=C(Sc3nc4ccccc4o3)CS[C@@H]12)c1csc(N)n1. The molecule has 1 unspecified atom stereocenters. The Morgan fingerprint density at radius 2 is 2.17 bits per heavy atom. The maximum Gasteiger partial charge on any atom is 0.353 e. The van der Waals surface area contributed by atoms with Crippen LogP contribution in [0.1, 0.15) is 5.69 Å². The van der Waals surface area contributed by atoms with Gasteiger partial charge in [0.05, 0.1) is 0 Å². The number of hydrogen-bond acceptors (Lipinski definition) is 12. The van der Waals surface area contributed by atoms with Crippen LogP contribution in [0, 0.1) is 0 Å². The number of nitrogens with zero attached hydrogens (tertiary/aromatic N) is 4. The van der Waals surface area contributed by atoms with Crippen LogP contribution in [0.5, 0.6) is 0 Å². The normalized spacial score (nSPS) is 20.0. The number of nitrogen functional groups attached to an aromatic ring is 1. The van der Waals surface area contributed by atoms with E-state index < -0.39 is 29.2 Å². The summed E-state index contributed by atoms with van der Waals surface area (Å²) in [6.07, 6.45) is 0. The Hall–Kier alpha value is -3.56. The summed E-state index contributed by atoms with van der Waals surface area (Å²) in [6, 6.07) is 6.23. The highest BCUT2D eigenvalue weighted by molar-refractivity contribution is 8.06. The minimum absolute atomic E-state index is 0.145. The van der Waals surface area contributed by atoms with E-state index in [1.54, 1.807) is 12.1 Å². The fourth-order valence-electron chi connectivity index (χ4n) is 3.57. The number of aromatic nitrogens is 2. The molecule has 180 valence electrons. The Morgan fingerprint density at radius 1 is 1.37 bits per heavy atom. The van der Waals surface area contributed by atoms with Gasteiger partial charge >= 0.3 is 5.97 Å². The highest BCUT2D eigenvalue weighted by Gasteiger charge is 2.54. The minimum Gasteiger partial charge on any atom is -0.477 e. The zero-order chi connectivity index (χ0) is 24.7. The van der Waals surface area contributed by atoms with E-state index in [-0.39, 0.29) is 33.2 Å². The number of rotatable bonds is 7. The van der Waals surface area contributed by atoms with E-state index in [2.05, 4.69) is 20.4 Å². The molecule has 12 nitrogen and oxygen atoms in total. The molecule has 5 rings (SSSR count). The van der Waals surface area contributed by atoms with Crippen LogP contribution in [0.2, 0.25) is 0 Å². The van der Waals surface area contributed by atoms with E-state index in [9.17, 15) is 19.5 Å². The highest BCUT2D eigenvalue weighted by atomic mass is 32.2. The van der Waals surface area contributed by atoms with Crippen molar-refractivity contribution in [1.29, 1.82) is 0 Å². The van der Waals surface area contributed by atoms with Gasteiger partial charge in [0.2, 0.25) is 0 Å². The molecule has 3 aromatic rings. The highest BCUT2D eigenvalue weighted by Crippen LogP contribution is 2.45. The molecule has 1 saturated heterocycles. The lowest BCUT2D eigenvalue weighted by atomic mass is 10.0. The van der Waals surface area contributed by atoms with Crippen molar-refractivity contribution >= 4 is 74.6 Å². The summed E-state index contributed by atoms with van der Waals surface area (Å²) in [4.78, 5) is 52.6. The molecule has 0 spiro atoms. The van der Waals surface area contributed by atoms with Gasteiger partial charge in [-0.15, -0.1) is 23.1 Å². The molecule has 15 heteroatoms. The maximum absolute atomic E-state index is 13.0. The number of amides is 2. The number of thiazole rings is 1. The summed E-state index contributed by atoms with van der Waals surface area (Å²) in [5, 5.41) is 17.6. The van der Waals surface area contributed by atoms with Gasteiger partial charge in [-0.1, -0.05) is 17.3 Å². The van der Waals surface area contributed by atoms with Crippen molar-refractivity contribution in [3.8, 4) is 0 Å². The molecule has 0 saturated carbocycles. The Bertz CT molecular complexity index is 1380. The summed E-state index contributed by atoms with van der Waals surface area (Å²) in [5.41, 5.74) is 6.76. The fraction of sp³-hybridized carbons (Fsp3) is 0.200. The van der Waals surface area contributed by atoms with E-state index >= 15 is 0 Å². The standard InChI is InChI=1S/C20H16N6O6S3/c1-31-25-12(9-6-34-19(21)22-9)15(27)24-13-16(28)26-14(18(29)30)11(7-33-17(13)26)35-20-23-8-4-2-3-5-10(8)32-20/h2-6,13,17H,7H2,1H3,(H2,21,22)(H,24,27)(H,29,30)/b25-12-/t13?,17-/m0/s1. The lowest BCUT2D eigenvalue weighted by Crippen LogP contribution is -2.71. The fourth-order valence-corrected chi connectivity index (χ4v) is 6.52. The monoisotopic (exact) mass is 532 g/mol. The number of para-hydroxylation sites is 2. The first-order chi connectivity index (χ1) is 16.9. The second-order valence-electron chi connectivity index (χ2n) is 7.18. The van der Waals surface area contributed by atoms with E-state index in [1.165, 1.54) is 29.2 Å². The number of carbonyl (C=O) groups is 3. The topological polar surface area (TPSA) is 173 Å². The van der Waals surface area contributed by atoms with Gasteiger partial charge < -0.3 is 25.4 Å². The zero-order valence-electron chi connectivity index (χ0n) is 17.8. The van der Waals surface area contributed by atoms with Gasteiger partial charge in [-0.3, -0.25) is 14.5 Å². The molecule has 2 atom stereocenters. The summed E-state index contributed by atoms with van der Waals surface area (Å²) in [7, 11) is 1.27. The molecule has 35 heavy (non-hydrogen) atoms. The summed E-state index contributed by atoms with van der Waals surface area (Å²) >= 11 is 3.50. The average molecular weight is 533 g/mol. The molecular weight excluding hydrogens is 516 g/mol. The molecule has 4 heterocycles. The maximum atomic E-state index is 13.0. The Kier molecular flexibility index (Phi) is 6.12. The number of hydrogen-bond donors (Lipinski definition) is 3. The Morgan fingerprint density at radius 3 is 2.86 bits per heavy atom. The number of β-lactam (4-membered cyclic amide) rings is 1. The van der Waals surface area contributed by atoms with Crippen LogP contribution in [0.3, 0.4) is 0 Å². The summed E-state index contributed by atoms with van der Waals surface area (Å²) in [6.45, 7) is 0. The quantitative estimate of drug-likeness (QED) is 0.230. The Labute approximate surface area is 209 Å². The second kappa shape index (κ2) is 9.24. The second-order valence-corrected chi connectivity index (χ2v) is 10.2. The number of thioether (sulfide) groups is 2. The van der Waals surface area contributed by atoms with Gasteiger partial charge in [-0.2, -0.15) is 0 Å². The van der Waals surface area contributed by atoms with Gasteiger partial charge in [0.1, 0.15) is 35.4 Å². The molecule has 1 aromatic carbocycles. The van der Waals surface area contributed by atoms with Crippen molar-refractivity contribution in [3.63, 3.8) is 0 Å². The van der Waals surface area contributed by atoms with Crippen molar-refractivity contribution in [2.24, 2.45) is 5.16 Å². The first-order valence-electron chi connectivity index (χ1n) is 9.95. The largest absolute Gasteiger partial charge is 0.477 e. The van der Waals surface area contributed by atoms with E-state index in [0.717, 1.165) is 23.1 Å². The number of nitrogens with one attached hydrogen (secondary N) is 1. The summed E-state index contributed by atoms with van der Waals surface area (Å²) < 4.78 is 5.69. The van der Waals surface area contributed by atoms with E-state index in [1.807, 2.05) is 12.1 Å². The van der Waals surface area contributed by atoms with Crippen molar-refractivity contribution in [2.75, 3.05) is 18.6 Å². The van der Waals surface area contributed by atoms with Crippen LogP contribution in [0.15, 0.2) is 55.0 Å². The van der Waals surface area contributed by atoms with Crippen molar-refractivity contribution in [1.82, 2.24) is 20.2 Å². The number of nitrogens with two attached hydrogens (primary N) is 1. The van der Waals surface area contributed by atoms with Crippen LogP contribution in [-0.4, -0.2) is 67.7 Å². The number of carbonyl (C=O) groups excluding carboxylic acids is 2. The van der Waals surface area contributed by atoms with Crippen molar-refractivity contribution < 1.29 is 28.7 Å². The van der Waals surface area contributed by atoms with E-state index in [4.69, 9.17) is 15.0 Å². The zero-order valence-corrected chi connectivity index (χ0v) is 20.3. The molecule has 1 fully saturated rings. The number of oxazole rings is 1. The predicted octanol–water partition coefficient (Wildman–Crippen LogP) is 1.71. The molecule has 0 aliphatic carbocycles. The van der Waals surface area contributed by atoms with Crippen LogP contribution < -0.4 is 11.1 Å². The smallest absolute Gasteiger partial charge is 0.353 e. The van der Waals surface area contributed by atoms with Crippen molar-refractivity contribution in [3.05, 3.63) is 45.9 Å². The lowest BCUT2D eigenvalue weighted by Gasteiger charge is -2.49. The average Bonchev–Trinajstić information content (AvgIpc) is 3.45. The lowest BCUT2D eigenvalue weighted by molar-refractivity contribution is -0.150. The number of benzene rings is 1. The molecule has 0 radical (unpaired) electrons. The third-order valence-corrected chi connectivity index (χ3v) is 8.14. The third-order valence-electron chi connectivity index (χ3n) is 5.07. The first-order valence-corrected chi connectivity index (χ1v) is 12.7. The van der Waals surface area contributed by atoms with Gasteiger partial charge in [-0.25, -0.2) is 14.8 Å². The molecule has 2 aliphatic rings. The van der Waals surface area contributed by atoms with Crippen LogP contribution in [-0.2, 0) is 19.2 Å². The molecule has 2 aliphatic heterocycles. The van der Waals surface area contributed by atoms with E-state index in [0.29, 0.717) is 16.0 Å². The van der Waals surface area contributed by atoms with Gasteiger partial charge in [0.25, 0.3) is 17.0 Å². The van der Waals surface area contributed by atoms with Gasteiger partial charge in [-0.05, 0) is 23.9 Å². The Balaban J connectivity index is 1.36. The number of aliphatic carboxylic acids is 1. The number of fused-ring (bicyclic) bond motifs is 2. The van der Waals surface area contributed by atoms with Gasteiger partial charge in [0.15, 0.2) is 16.4 Å². The molecular formula is C20H16N6O6S3. The predicted molar refractivity (Wildman–Crippen MR) is 130 cm³/mol.